The van der Waals surface area contributed by atoms with Gasteiger partial charge in [-0.2, -0.15) is 0 Å². The molecule has 0 unspecified atom stereocenters. The summed E-state index contributed by atoms with van der Waals surface area (Å²) in [6, 6.07) is 12.5. The molecule has 31 heavy (non-hydrogen) atoms. The Kier molecular flexibility index (Phi) is 6.49. The van der Waals surface area contributed by atoms with Gasteiger partial charge >= 0.3 is 5.97 Å². The zero-order valence-corrected chi connectivity index (χ0v) is 19.4. The van der Waals surface area contributed by atoms with Gasteiger partial charge in [0.05, 0.1) is 10.9 Å². The van der Waals surface area contributed by atoms with Crippen molar-refractivity contribution in [1.29, 1.82) is 0 Å². The number of fused-ring (bicyclic) bond motifs is 2. The topological polar surface area (TPSA) is 72.5 Å². The van der Waals surface area contributed by atoms with E-state index in [4.69, 9.17) is 16.3 Å². The van der Waals surface area contributed by atoms with E-state index in [1.807, 2.05) is 25.1 Å². The number of esters is 1. The monoisotopic (exact) mass is 503 g/mol. The summed E-state index contributed by atoms with van der Waals surface area (Å²) in [6.45, 7) is 1.45. The molecule has 2 saturated carbocycles. The van der Waals surface area contributed by atoms with Crippen LogP contribution in [-0.2, 0) is 14.3 Å². The van der Waals surface area contributed by atoms with Gasteiger partial charge in [-0.05, 0) is 71.6 Å². The van der Waals surface area contributed by atoms with Gasteiger partial charge in [0.25, 0.3) is 5.91 Å². The first kappa shape index (κ1) is 22.0. The molecule has 0 radical (unpaired) electrons. The van der Waals surface area contributed by atoms with Crippen LogP contribution in [0.25, 0.3) is 0 Å². The summed E-state index contributed by atoms with van der Waals surface area (Å²) in [4.78, 5) is 38.4. The van der Waals surface area contributed by atoms with Gasteiger partial charge < -0.3 is 10.1 Å². The third-order valence-corrected chi connectivity index (χ3v) is 7.63. The van der Waals surface area contributed by atoms with Crippen molar-refractivity contribution in [2.45, 2.75) is 26.2 Å². The number of aryl methyl sites for hydroxylation is 1. The zero-order chi connectivity index (χ0) is 22.1. The normalized spacial score (nSPS) is 24.1. The number of nitrogens with one attached hydrogen (secondary N) is 1. The second kappa shape index (κ2) is 9.13. The van der Waals surface area contributed by atoms with E-state index in [0.717, 1.165) is 29.3 Å². The van der Waals surface area contributed by atoms with E-state index >= 15 is 0 Å². The summed E-state index contributed by atoms with van der Waals surface area (Å²) >= 11 is 9.44. The Hall–Kier alpha value is -2.18. The number of ether oxygens (including phenoxy) is 1. The summed E-state index contributed by atoms with van der Waals surface area (Å²) in [6.07, 6.45) is 2.75. The Morgan fingerprint density at radius 2 is 1.77 bits per heavy atom. The molecule has 0 aromatic heterocycles. The lowest BCUT2D eigenvalue weighted by Crippen LogP contribution is -2.37. The first-order chi connectivity index (χ1) is 14.8. The number of anilines is 1. The number of halogens is 2. The van der Waals surface area contributed by atoms with Gasteiger partial charge in [0.2, 0.25) is 0 Å². The number of carbonyl (C=O) groups is 3. The Labute approximate surface area is 194 Å². The number of Topliss-reactive ketones (excluding diaryl/α,β-unsaturated/α-hetero) is 1. The van der Waals surface area contributed by atoms with Gasteiger partial charge in [0, 0.05) is 21.6 Å². The predicted molar refractivity (Wildman–Crippen MR) is 122 cm³/mol. The third kappa shape index (κ3) is 4.55. The lowest BCUT2D eigenvalue weighted by Gasteiger charge is -2.28. The minimum absolute atomic E-state index is 0.000620. The summed E-state index contributed by atoms with van der Waals surface area (Å²) < 4.78 is 6.11. The fraction of sp³-hybridized carbons (Fsp3) is 0.375. The van der Waals surface area contributed by atoms with Crippen LogP contribution in [0, 0.1) is 30.6 Å². The SMILES string of the molecule is Cc1cc(Br)c(Cl)cc1NC(=O)COC(=O)[C@@H]1[C@H]2CC[C@@H](C2)[C@@H]1C(=O)c1ccccc1. The quantitative estimate of drug-likeness (QED) is 0.420. The molecular weight excluding hydrogens is 482 g/mol. The van der Waals surface area contributed by atoms with Crippen molar-refractivity contribution in [3.05, 3.63) is 63.1 Å². The maximum atomic E-state index is 13.1. The number of rotatable bonds is 6. The Balaban J connectivity index is 1.41. The van der Waals surface area contributed by atoms with E-state index in [9.17, 15) is 14.4 Å². The van der Waals surface area contributed by atoms with E-state index in [1.165, 1.54) is 0 Å². The van der Waals surface area contributed by atoms with Crippen LogP contribution >= 0.6 is 27.5 Å². The van der Waals surface area contributed by atoms with Gasteiger partial charge in [-0.15, -0.1) is 0 Å². The Morgan fingerprint density at radius 1 is 1.10 bits per heavy atom. The minimum Gasteiger partial charge on any atom is -0.455 e. The third-order valence-electron chi connectivity index (χ3n) is 6.44. The highest BCUT2D eigenvalue weighted by atomic mass is 79.9. The van der Waals surface area contributed by atoms with E-state index in [0.29, 0.717) is 16.3 Å². The largest absolute Gasteiger partial charge is 0.455 e. The lowest BCUT2D eigenvalue weighted by molar-refractivity contribution is -0.154. The average Bonchev–Trinajstić information content (AvgIpc) is 3.38. The molecule has 4 atom stereocenters. The highest BCUT2D eigenvalue weighted by Crippen LogP contribution is 2.53. The molecule has 1 N–H and O–H groups in total. The molecule has 0 spiro atoms. The number of carbonyl (C=O) groups excluding carboxylic acids is 3. The predicted octanol–water partition coefficient (Wildman–Crippen LogP) is 5.44. The van der Waals surface area contributed by atoms with Crippen molar-refractivity contribution in [2.24, 2.45) is 23.7 Å². The van der Waals surface area contributed by atoms with Crippen LogP contribution in [0.2, 0.25) is 5.02 Å². The molecule has 2 aromatic carbocycles. The molecule has 1 amide bonds. The molecule has 2 aliphatic carbocycles. The van der Waals surface area contributed by atoms with Crippen molar-refractivity contribution < 1.29 is 19.1 Å². The molecular formula is C24H23BrClNO4. The number of benzene rings is 2. The van der Waals surface area contributed by atoms with Crippen LogP contribution < -0.4 is 5.32 Å². The van der Waals surface area contributed by atoms with E-state index in [-0.39, 0.29) is 23.5 Å². The van der Waals surface area contributed by atoms with Crippen LogP contribution in [0.4, 0.5) is 5.69 Å². The van der Waals surface area contributed by atoms with E-state index in [1.54, 1.807) is 24.3 Å². The number of ketones is 1. The van der Waals surface area contributed by atoms with Gasteiger partial charge in [0.1, 0.15) is 0 Å². The number of hydrogen-bond donors (Lipinski definition) is 1. The number of amides is 1. The van der Waals surface area contributed by atoms with Crippen molar-refractivity contribution in [2.75, 3.05) is 11.9 Å². The standard InChI is InChI=1S/C24H23BrClNO4/c1-13-9-17(25)18(26)11-19(13)27-20(28)12-31-24(30)22-16-8-7-15(10-16)21(22)23(29)14-5-3-2-4-6-14/h2-6,9,11,15-16,21-22H,7-8,10,12H2,1H3,(H,27,28)/t15-,16-,21-,22+/m0/s1. The molecule has 5 nitrogen and oxygen atoms in total. The van der Waals surface area contributed by atoms with Gasteiger partial charge in [-0.25, -0.2) is 0 Å². The molecule has 4 rings (SSSR count). The first-order valence-electron chi connectivity index (χ1n) is 10.4. The fourth-order valence-corrected chi connectivity index (χ4v) is 5.62. The van der Waals surface area contributed by atoms with E-state index in [2.05, 4.69) is 21.2 Å². The molecule has 2 bridgehead atoms. The van der Waals surface area contributed by atoms with Crippen molar-refractivity contribution >= 4 is 50.9 Å². The molecule has 2 aliphatic rings. The molecule has 162 valence electrons. The number of hydrogen-bond acceptors (Lipinski definition) is 4. The fourth-order valence-electron chi connectivity index (χ4n) is 5.00. The molecule has 0 saturated heterocycles. The molecule has 2 aromatic rings. The second-order valence-electron chi connectivity index (χ2n) is 8.35. The van der Waals surface area contributed by atoms with Gasteiger partial charge in [0.15, 0.2) is 12.4 Å². The summed E-state index contributed by atoms with van der Waals surface area (Å²) in [5, 5.41) is 3.20. The van der Waals surface area contributed by atoms with Crippen molar-refractivity contribution in [1.82, 2.24) is 0 Å². The highest BCUT2D eigenvalue weighted by Gasteiger charge is 2.54. The Morgan fingerprint density at radius 3 is 2.48 bits per heavy atom. The summed E-state index contributed by atoms with van der Waals surface area (Å²) in [5.41, 5.74) is 2.02. The van der Waals surface area contributed by atoms with E-state index < -0.39 is 24.4 Å². The molecule has 7 heteroatoms. The molecule has 0 aliphatic heterocycles. The van der Waals surface area contributed by atoms with Crippen molar-refractivity contribution in [3.8, 4) is 0 Å². The van der Waals surface area contributed by atoms with Crippen LogP contribution in [-0.4, -0.2) is 24.3 Å². The second-order valence-corrected chi connectivity index (χ2v) is 9.61. The summed E-state index contributed by atoms with van der Waals surface area (Å²) in [5.74, 6) is -1.40. The smallest absolute Gasteiger partial charge is 0.310 e. The first-order valence-corrected chi connectivity index (χ1v) is 11.5. The minimum atomic E-state index is -0.483. The van der Waals surface area contributed by atoms with Crippen LogP contribution in [0.1, 0.15) is 35.2 Å². The zero-order valence-electron chi connectivity index (χ0n) is 17.1. The Bertz CT molecular complexity index is 1030. The maximum Gasteiger partial charge on any atom is 0.310 e. The summed E-state index contributed by atoms with van der Waals surface area (Å²) in [7, 11) is 0. The van der Waals surface area contributed by atoms with Crippen LogP contribution in [0.15, 0.2) is 46.9 Å². The molecule has 0 heterocycles. The van der Waals surface area contributed by atoms with Crippen molar-refractivity contribution in [3.63, 3.8) is 0 Å². The van der Waals surface area contributed by atoms with Crippen LogP contribution in [0.3, 0.4) is 0 Å². The molecule has 2 fully saturated rings. The van der Waals surface area contributed by atoms with Gasteiger partial charge in [-0.3, -0.25) is 14.4 Å². The average molecular weight is 505 g/mol. The highest BCUT2D eigenvalue weighted by molar-refractivity contribution is 9.10. The van der Waals surface area contributed by atoms with Gasteiger partial charge in [-0.1, -0.05) is 41.9 Å². The van der Waals surface area contributed by atoms with Crippen LogP contribution in [0.5, 0.6) is 0 Å². The lowest BCUT2D eigenvalue weighted by atomic mass is 9.75. The maximum absolute atomic E-state index is 13.1.